The third-order valence-electron chi connectivity index (χ3n) is 8.25. The Bertz CT molecular complexity index is 1080. The summed E-state index contributed by atoms with van der Waals surface area (Å²) in [7, 11) is 0. The normalized spacial score (nSPS) is 27.4. The molecule has 210 valence electrons. The van der Waals surface area contributed by atoms with Crippen molar-refractivity contribution < 1.29 is 36.2 Å². The van der Waals surface area contributed by atoms with E-state index in [2.05, 4.69) is 20.1 Å². The molecule has 0 bridgehead atoms. The predicted molar refractivity (Wildman–Crippen MR) is 136 cm³/mol. The van der Waals surface area contributed by atoms with Gasteiger partial charge in [0.05, 0.1) is 18.6 Å². The van der Waals surface area contributed by atoms with Crippen molar-refractivity contribution in [3.8, 4) is 11.5 Å². The average Bonchev–Trinajstić information content (AvgIpc) is 2.91. The Morgan fingerprint density at radius 2 is 1.74 bits per heavy atom. The van der Waals surface area contributed by atoms with E-state index in [1.807, 2.05) is 0 Å². The maximum Gasteiger partial charge on any atom is 0.400 e. The van der Waals surface area contributed by atoms with E-state index in [4.69, 9.17) is 14.2 Å². The second-order valence-corrected chi connectivity index (χ2v) is 10.8. The molecular weight excluding hydrogens is 503 g/mol. The first kappa shape index (κ1) is 28.7. The van der Waals surface area contributed by atoms with E-state index in [1.165, 1.54) is 0 Å². The molecule has 0 spiro atoms. The summed E-state index contributed by atoms with van der Waals surface area (Å²) in [5.74, 6) is -6.10. The summed E-state index contributed by atoms with van der Waals surface area (Å²) < 4.78 is 90.8. The number of hydrogen-bond donors (Lipinski definition) is 0. The van der Waals surface area contributed by atoms with Gasteiger partial charge in [0.2, 0.25) is 11.6 Å². The Balaban J connectivity index is 1.42. The number of benzene rings is 1. The van der Waals surface area contributed by atoms with Crippen LogP contribution >= 0.6 is 0 Å². The summed E-state index contributed by atoms with van der Waals surface area (Å²) in [6.45, 7) is 11.8. The molecule has 2 unspecified atom stereocenters. The topological polar surface area (TPSA) is 27.7 Å². The predicted octanol–water partition coefficient (Wildman–Crippen LogP) is 8.98. The van der Waals surface area contributed by atoms with Crippen LogP contribution in [0.25, 0.3) is 0 Å². The highest BCUT2D eigenvalue weighted by Gasteiger charge is 2.46. The van der Waals surface area contributed by atoms with E-state index in [0.29, 0.717) is 37.4 Å². The van der Waals surface area contributed by atoms with Gasteiger partial charge in [-0.3, -0.25) is 0 Å². The van der Waals surface area contributed by atoms with Crippen molar-refractivity contribution in [1.29, 1.82) is 0 Å². The van der Waals surface area contributed by atoms with Crippen molar-refractivity contribution in [1.82, 2.24) is 0 Å². The molecule has 2 heterocycles. The Kier molecular flexibility index (Phi) is 8.90. The number of ether oxygens (including phenoxy) is 3. The van der Waals surface area contributed by atoms with Gasteiger partial charge in [0.15, 0.2) is 23.1 Å². The lowest BCUT2D eigenvalue weighted by atomic mass is 9.73. The van der Waals surface area contributed by atoms with Gasteiger partial charge in [0, 0.05) is 12.0 Å². The van der Waals surface area contributed by atoms with Crippen LogP contribution in [0.2, 0.25) is 0 Å². The van der Waals surface area contributed by atoms with Crippen LogP contribution in [0.1, 0.15) is 77.2 Å². The molecule has 2 fully saturated rings. The maximum absolute atomic E-state index is 15.2. The van der Waals surface area contributed by atoms with Gasteiger partial charge in [-0.15, -0.1) is 0 Å². The van der Waals surface area contributed by atoms with Crippen LogP contribution in [0.4, 0.5) is 22.0 Å². The summed E-state index contributed by atoms with van der Waals surface area (Å²) in [6.07, 6.45) is 2.69. The summed E-state index contributed by atoms with van der Waals surface area (Å²) in [6, 6.07) is 0.994. The van der Waals surface area contributed by atoms with Crippen molar-refractivity contribution in [2.24, 2.45) is 17.8 Å². The van der Waals surface area contributed by atoms with Crippen molar-refractivity contribution in [2.75, 3.05) is 6.61 Å². The van der Waals surface area contributed by atoms with E-state index in [9.17, 15) is 13.2 Å². The number of allylic oxidation sites excluding steroid dienone is 3. The number of fused-ring (bicyclic) bond motifs is 1. The highest BCUT2D eigenvalue weighted by atomic mass is 19.3. The van der Waals surface area contributed by atoms with Gasteiger partial charge in [-0.1, -0.05) is 33.4 Å². The molecule has 2 atom stereocenters. The fourth-order valence-electron chi connectivity index (χ4n) is 5.86. The number of rotatable bonds is 8. The molecular formula is C30H37F5O3. The molecule has 0 aromatic heterocycles. The van der Waals surface area contributed by atoms with Gasteiger partial charge >= 0.3 is 6.11 Å². The minimum atomic E-state index is -3.68. The Labute approximate surface area is 221 Å². The lowest BCUT2D eigenvalue weighted by Crippen LogP contribution is -2.39. The SMILES string of the molecule is C=C(CC)/C(F)=C1/Oc2c(cc(OC(F)(F)C3CCC(C4CCC(CCC)OC4)CC3)c(F)c2F)CC1=C. The van der Waals surface area contributed by atoms with Crippen molar-refractivity contribution >= 4 is 0 Å². The molecule has 0 amide bonds. The lowest BCUT2D eigenvalue weighted by Gasteiger charge is -2.39. The first-order chi connectivity index (χ1) is 18.1. The van der Waals surface area contributed by atoms with Crippen LogP contribution in [-0.2, 0) is 11.2 Å². The molecule has 3 nitrogen and oxygen atoms in total. The molecule has 4 rings (SSSR count). The van der Waals surface area contributed by atoms with Gasteiger partial charge in [-0.2, -0.15) is 17.6 Å². The van der Waals surface area contributed by atoms with Gasteiger partial charge in [0.1, 0.15) is 0 Å². The Hall–Kier alpha value is -2.35. The first-order valence-electron chi connectivity index (χ1n) is 13.7. The lowest BCUT2D eigenvalue weighted by molar-refractivity contribution is -0.226. The zero-order valence-corrected chi connectivity index (χ0v) is 22.2. The molecule has 8 heteroatoms. The summed E-state index contributed by atoms with van der Waals surface area (Å²) >= 11 is 0. The summed E-state index contributed by atoms with van der Waals surface area (Å²) in [5.41, 5.74) is 0.344. The molecule has 1 aromatic rings. The monoisotopic (exact) mass is 540 g/mol. The summed E-state index contributed by atoms with van der Waals surface area (Å²) in [5, 5.41) is 0. The number of hydrogen-bond acceptors (Lipinski definition) is 3. The number of halogens is 5. The van der Waals surface area contributed by atoms with Crippen LogP contribution in [0, 0.1) is 29.4 Å². The highest BCUT2D eigenvalue weighted by Crippen LogP contribution is 2.46. The van der Waals surface area contributed by atoms with Crippen LogP contribution in [0.5, 0.6) is 11.5 Å². The second-order valence-electron chi connectivity index (χ2n) is 10.8. The molecule has 1 saturated heterocycles. The average molecular weight is 541 g/mol. The Morgan fingerprint density at radius 3 is 2.34 bits per heavy atom. The summed E-state index contributed by atoms with van der Waals surface area (Å²) in [4.78, 5) is 0. The van der Waals surface area contributed by atoms with E-state index < -0.39 is 41.0 Å². The van der Waals surface area contributed by atoms with Gasteiger partial charge < -0.3 is 14.2 Å². The zero-order chi connectivity index (χ0) is 27.6. The largest absolute Gasteiger partial charge is 0.450 e. The minimum Gasteiger partial charge on any atom is -0.450 e. The van der Waals surface area contributed by atoms with Gasteiger partial charge in [-0.05, 0) is 80.4 Å². The van der Waals surface area contributed by atoms with Crippen LogP contribution in [0.3, 0.4) is 0 Å². The molecule has 0 radical (unpaired) electrons. The third-order valence-corrected chi connectivity index (χ3v) is 8.25. The van der Waals surface area contributed by atoms with Crippen molar-refractivity contribution in [2.45, 2.75) is 90.3 Å². The molecule has 3 aliphatic rings. The Morgan fingerprint density at radius 1 is 1.05 bits per heavy atom. The molecule has 0 N–H and O–H groups in total. The fourth-order valence-corrected chi connectivity index (χ4v) is 5.86. The third kappa shape index (κ3) is 5.95. The first-order valence-corrected chi connectivity index (χ1v) is 13.7. The van der Waals surface area contributed by atoms with Crippen molar-refractivity contribution in [3.05, 3.63) is 59.2 Å². The molecule has 1 saturated carbocycles. The molecule has 1 aromatic carbocycles. The van der Waals surface area contributed by atoms with E-state index >= 15 is 8.78 Å². The smallest absolute Gasteiger partial charge is 0.400 e. The van der Waals surface area contributed by atoms with Crippen LogP contribution < -0.4 is 9.47 Å². The van der Waals surface area contributed by atoms with E-state index in [1.54, 1.807) is 6.92 Å². The standard InChI is InChI=1S/C30H37F5O3/c1-5-7-23-13-10-20(16-36-23)19-8-11-22(12-9-19)30(34,35)38-24-15-21-14-18(4)28(25(31)17(3)6-2)37-29(21)27(33)26(24)32/h15,19-20,22-23H,3-14,16H2,1-2H3/b28-25-. The minimum absolute atomic E-state index is 0.0562. The fraction of sp³-hybridized carbons (Fsp3) is 0.600. The highest BCUT2D eigenvalue weighted by molar-refractivity contribution is 5.52. The van der Waals surface area contributed by atoms with E-state index in [-0.39, 0.29) is 48.2 Å². The van der Waals surface area contributed by atoms with Gasteiger partial charge in [-0.25, -0.2) is 4.39 Å². The van der Waals surface area contributed by atoms with Crippen molar-refractivity contribution in [3.63, 3.8) is 0 Å². The molecule has 1 aliphatic carbocycles. The zero-order valence-electron chi connectivity index (χ0n) is 22.2. The van der Waals surface area contributed by atoms with E-state index in [0.717, 1.165) is 31.7 Å². The quantitative estimate of drug-likeness (QED) is 0.308. The van der Waals surface area contributed by atoms with Crippen LogP contribution in [0.15, 0.2) is 42.0 Å². The maximum atomic E-state index is 15.2. The number of alkyl halides is 2. The molecule has 2 aliphatic heterocycles. The van der Waals surface area contributed by atoms with Gasteiger partial charge in [0.25, 0.3) is 0 Å². The van der Waals surface area contributed by atoms with Crippen LogP contribution in [-0.4, -0.2) is 18.8 Å². The second kappa shape index (κ2) is 11.8. The molecule has 38 heavy (non-hydrogen) atoms.